The van der Waals surface area contributed by atoms with Gasteiger partial charge in [0.2, 0.25) is 5.91 Å². The molecular formula is C17H24N4O2. The van der Waals surface area contributed by atoms with Crippen LogP contribution in [0, 0.1) is 18.3 Å². The first kappa shape index (κ1) is 14.7. The van der Waals surface area contributed by atoms with E-state index in [1.165, 1.54) is 12.8 Å². The Morgan fingerprint density at radius 2 is 2.22 bits per heavy atom. The quantitative estimate of drug-likeness (QED) is 0.911. The van der Waals surface area contributed by atoms with Crippen molar-refractivity contribution in [2.75, 3.05) is 13.1 Å². The molecule has 6 nitrogen and oxygen atoms in total. The second-order valence-corrected chi connectivity index (χ2v) is 7.29. The van der Waals surface area contributed by atoms with Crippen LogP contribution in [0.1, 0.15) is 48.7 Å². The van der Waals surface area contributed by atoms with Crippen LogP contribution in [-0.4, -0.2) is 45.6 Å². The first-order valence-electron chi connectivity index (χ1n) is 8.68. The van der Waals surface area contributed by atoms with Gasteiger partial charge in [0.05, 0.1) is 23.2 Å². The third-order valence-corrected chi connectivity index (χ3v) is 6.00. The molecule has 23 heavy (non-hydrogen) atoms. The van der Waals surface area contributed by atoms with Crippen LogP contribution in [0.3, 0.4) is 0 Å². The Morgan fingerprint density at radius 3 is 2.78 bits per heavy atom. The largest absolute Gasteiger partial charge is 0.349 e. The van der Waals surface area contributed by atoms with Crippen molar-refractivity contribution < 1.29 is 9.59 Å². The fraction of sp³-hybridized carbons (Fsp3) is 0.706. The van der Waals surface area contributed by atoms with E-state index in [9.17, 15) is 9.59 Å². The molecule has 1 N–H and O–H groups in total. The molecule has 2 heterocycles. The normalized spacial score (nSPS) is 29.1. The molecule has 1 saturated heterocycles. The average Bonchev–Trinajstić information content (AvgIpc) is 2.88. The summed E-state index contributed by atoms with van der Waals surface area (Å²) in [6.45, 7) is 5.93. The van der Waals surface area contributed by atoms with Crippen molar-refractivity contribution in [1.29, 1.82) is 0 Å². The van der Waals surface area contributed by atoms with Crippen LogP contribution in [0.15, 0.2) is 6.20 Å². The Hall–Kier alpha value is -1.85. The van der Waals surface area contributed by atoms with E-state index in [4.69, 9.17) is 0 Å². The molecule has 0 unspecified atom stereocenters. The molecule has 2 saturated carbocycles. The minimum absolute atomic E-state index is 0.0241. The van der Waals surface area contributed by atoms with E-state index in [0.717, 1.165) is 25.1 Å². The number of rotatable bonds is 4. The molecule has 0 aromatic carbocycles. The lowest BCUT2D eigenvalue weighted by atomic mass is 10.0. The Morgan fingerprint density at radius 1 is 1.43 bits per heavy atom. The molecule has 3 fully saturated rings. The second-order valence-electron chi connectivity index (χ2n) is 7.29. The minimum atomic E-state index is -0.0384. The van der Waals surface area contributed by atoms with Crippen LogP contribution < -0.4 is 5.32 Å². The van der Waals surface area contributed by atoms with Gasteiger partial charge in [-0.1, -0.05) is 6.42 Å². The summed E-state index contributed by atoms with van der Waals surface area (Å²) < 4.78 is 1.83. The smallest absolute Gasteiger partial charge is 0.257 e. The van der Waals surface area contributed by atoms with Gasteiger partial charge in [-0.3, -0.25) is 14.3 Å². The Kier molecular flexibility index (Phi) is 3.25. The van der Waals surface area contributed by atoms with Gasteiger partial charge < -0.3 is 10.2 Å². The van der Waals surface area contributed by atoms with Crippen LogP contribution in [-0.2, 0) is 11.3 Å². The summed E-state index contributed by atoms with van der Waals surface area (Å²) in [5.41, 5.74) is 1.55. The number of nitrogens with zero attached hydrogens (tertiary/aromatic N) is 3. The highest BCUT2D eigenvalue weighted by molar-refractivity contribution is 5.96. The van der Waals surface area contributed by atoms with E-state index >= 15 is 0 Å². The van der Waals surface area contributed by atoms with Gasteiger partial charge in [0.15, 0.2) is 0 Å². The van der Waals surface area contributed by atoms with Crippen LogP contribution in [0.5, 0.6) is 0 Å². The predicted octanol–water partition coefficient (Wildman–Crippen LogP) is 1.34. The van der Waals surface area contributed by atoms with Crippen molar-refractivity contribution >= 4 is 11.8 Å². The number of carbonyl (C=O) groups excluding carboxylic acids is 2. The first-order valence-corrected chi connectivity index (χ1v) is 8.68. The Bertz CT molecular complexity index is 662. The zero-order valence-corrected chi connectivity index (χ0v) is 13.8. The molecule has 124 valence electrons. The van der Waals surface area contributed by atoms with Crippen molar-refractivity contribution in [2.24, 2.45) is 11.3 Å². The van der Waals surface area contributed by atoms with Crippen molar-refractivity contribution in [3.8, 4) is 0 Å². The topological polar surface area (TPSA) is 67.2 Å². The lowest BCUT2D eigenvalue weighted by molar-refractivity contribution is -0.128. The fourth-order valence-electron chi connectivity index (χ4n) is 4.33. The number of fused-ring (bicyclic) bond motifs is 1. The SMILES string of the molecule is CCn1ncc(C(=O)N2CC(NC(=O)[C@@]34CCC[C@@H]3C4)C2)c1C. The second kappa shape index (κ2) is 5.08. The summed E-state index contributed by atoms with van der Waals surface area (Å²) in [7, 11) is 0. The van der Waals surface area contributed by atoms with Gasteiger partial charge in [-0.15, -0.1) is 0 Å². The van der Waals surface area contributed by atoms with E-state index in [1.807, 2.05) is 18.5 Å². The third-order valence-electron chi connectivity index (χ3n) is 6.00. The highest BCUT2D eigenvalue weighted by atomic mass is 16.2. The van der Waals surface area contributed by atoms with Crippen LogP contribution in [0.2, 0.25) is 0 Å². The third kappa shape index (κ3) is 2.18. The van der Waals surface area contributed by atoms with Crippen molar-refractivity contribution in [3.63, 3.8) is 0 Å². The summed E-state index contributed by atoms with van der Waals surface area (Å²) in [4.78, 5) is 26.7. The number of amides is 2. The first-order chi connectivity index (χ1) is 11.0. The molecule has 3 aliphatic rings. The molecule has 4 rings (SSSR count). The van der Waals surface area contributed by atoms with E-state index in [2.05, 4.69) is 10.4 Å². The Balaban J connectivity index is 1.32. The number of aryl methyl sites for hydroxylation is 1. The fourth-order valence-corrected chi connectivity index (χ4v) is 4.33. The lowest BCUT2D eigenvalue weighted by Crippen LogP contribution is -2.61. The highest BCUT2D eigenvalue weighted by Crippen LogP contribution is 2.63. The molecule has 0 bridgehead atoms. The molecule has 1 aliphatic heterocycles. The molecule has 0 spiro atoms. The molecule has 1 aromatic heterocycles. The molecule has 0 radical (unpaired) electrons. The maximum Gasteiger partial charge on any atom is 0.257 e. The number of nitrogens with one attached hydrogen (secondary N) is 1. The monoisotopic (exact) mass is 316 g/mol. The van der Waals surface area contributed by atoms with Crippen molar-refractivity contribution in [2.45, 2.75) is 52.1 Å². The van der Waals surface area contributed by atoms with E-state index < -0.39 is 0 Å². The standard InChI is InChI=1S/C17H24N4O2/c1-3-21-11(2)14(8-18-21)15(22)20-9-13(10-20)19-16(23)17-6-4-5-12(17)7-17/h8,12-13H,3-7,9-10H2,1-2H3,(H,19,23)/t12-,17-/m1/s1. The molecule has 2 aliphatic carbocycles. The van der Waals surface area contributed by atoms with Gasteiger partial charge in [0, 0.05) is 25.3 Å². The summed E-state index contributed by atoms with van der Waals surface area (Å²) in [5.74, 6) is 0.881. The zero-order chi connectivity index (χ0) is 16.2. The van der Waals surface area contributed by atoms with Gasteiger partial charge >= 0.3 is 0 Å². The molecule has 2 amide bonds. The predicted molar refractivity (Wildman–Crippen MR) is 84.9 cm³/mol. The van der Waals surface area contributed by atoms with Gasteiger partial charge in [0.25, 0.3) is 5.91 Å². The summed E-state index contributed by atoms with van der Waals surface area (Å²) >= 11 is 0. The highest BCUT2D eigenvalue weighted by Gasteiger charge is 2.62. The van der Waals surface area contributed by atoms with Crippen LogP contribution >= 0.6 is 0 Å². The van der Waals surface area contributed by atoms with E-state index in [1.54, 1.807) is 11.1 Å². The molecular weight excluding hydrogens is 292 g/mol. The van der Waals surface area contributed by atoms with Crippen molar-refractivity contribution in [3.05, 3.63) is 17.5 Å². The number of hydrogen-bond donors (Lipinski definition) is 1. The summed E-state index contributed by atoms with van der Waals surface area (Å²) in [6.07, 6.45) is 6.18. The summed E-state index contributed by atoms with van der Waals surface area (Å²) in [6, 6.07) is 0.115. The maximum atomic E-state index is 12.5. The van der Waals surface area contributed by atoms with E-state index in [-0.39, 0.29) is 23.3 Å². The molecule has 2 atom stereocenters. The van der Waals surface area contributed by atoms with Gasteiger partial charge in [0.1, 0.15) is 0 Å². The number of likely N-dealkylation sites (tertiary alicyclic amines) is 1. The molecule has 1 aromatic rings. The van der Waals surface area contributed by atoms with Crippen LogP contribution in [0.4, 0.5) is 0 Å². The maximum absolute atomic E-state index is 12.5. The Labute approximate surface area is 136 Å². The van der Waals surface area contributed by atoms with E-state index in [0.29, 0.717) is 24.6 Å². The van der Waals surface area contributed by atoms with Gasteiger partial charge in [-0.25, -0.2) is 0 Å². The van der Waals surface area contributed by atoms with Crippen molar-refractivity contribution in [1.82, 2.24) is 20.0 Å². The number of aromatic nitrogens is 2. The van der Waals surface area contributed by atoms with Gasteiger partial charge in [-0.2, -0.15) is 5.10 Å². The van der Waals surface area contributed by atoms with Crippen LogP contribution in [0.25, 0.3) is 0 Å². The number of hydrogen-bond acceptors (Lipinski definition) is 3. The van der Waals surface area contributed by atoms with Gasteiger partial charge in [-0.05, 0) is 39.0 Å². The molecule has 6 heteroatoms. The summed E-state index contributed by atoms with van der Waals surface area (Å²) in [5, 5.41) is 7.38. The lowest BCUT2D eigenvalue weighted by Gasteiger charge is -2.40. The number of carbonyl (C=O) groups is 2. The zero-order valence-electron chi connectivity index (χ0n) is 13.8. The average molecular weight is 316 g/mol. The minimum Gasteiger partial charge on any atom is -0.349 e.